The van der Waals surface area contributed by atoms with Crippen LogP contribution in [-0.2, 0) is 27.1 Å². The molecule has 2 heterocycles. The van der Waals surface area contributed by atoms with Crippen LogP contribution in [0.2, 0.25) is 0 Å². The first-order chi connectivity index (χ1) is 9.09. The lowest BCUT2D eigenvalue weighted by Gasteiger charge is -2.07. The highest BCUT2D eigenvalue weighted by atomic mass is 16.2. The molecule has 2 rings (SSSR count). The summed E-state index contributed by atoms with van der Waals surface area (Å²) in [5, 5.41) is 3.18. The quantitative estimate of drug-likeness (QED) is 0.687. The van der Waals surface area contributed by atoms with Crippen molar-refractivity contribution in [2.24, 2.45) is 14.1 Å². The molecule has 0 atom stereocenters. The molecule has 0 aliphatic rings. The van der Waals surface area contributed by atoms with E-state index in [1.807, 2.05) is 0 Å². The lowest BCUT2D eigenvalue weighted by atomic mass is 10.3. The van der Waals surface area contributed by atoms with Crippen LogP contribution in [0.5, 0.6) is 0 Å². The van der Waals surface area contributed by atoms with Crippen molar-refractivity contribution in [2.45, 2.75) is 13.0 Å². The predicted molar refractivity (Wildman–Crippen MR) is 70.9 cm³/mol. The average Bonchev–Trinajstić information content (AvgIpc) is 2.91. The van der Waals surface area contributed by atoms with Crippen LogP contribution in [0.3, 0.4) is 0 Å². The zero-order valence-corrected chi connectivity index (χ0v) is 11.0. The molecule has 0 aromatic carbocycles. The topological polar surface area (TPSA) is 84.7 Å². The second-order valence-electron chi connectivity index (χ2n) is 4.42. The van der Waals surface area contributed by atoms with Crippen LogP contribution in [0.15, 0.2) is 28.3 Å². The summed E-state index contributed by atoms with van der Waals surface area (Å²) < 4.78 is 2.53. The molecule has 0 aliphatic carbocycles. The van der Waals surface area contributed by atoms with E-state index in [0.29, 0.717) is 12.1 Å². The lowest BCUT2D eigenvalue weighted by molar-refractivity contribution is 0.628. The molecule has 0 saturated heterocycles. The van der Waals surface area contributed by atoms with Crippen LogP contribution in [-0.4, -0.2) is 25.6 Å². The van der Waals surface area contributed by atoms with E-state index in [-0.39, 0.29) is 11.2 Å². The Kier molecular flexibility index (Phi) is 3.96. The predicted octanol–water partition coefficient (Wildman–Crippen LogP) is -0.861. The number of aromatic amines is 1. The second-order valence-corrected chi connectivity index (χ2v) is 4.42. The van der Waals surface area contributed by atoms with Crippen molar-refractivity contribution >= 4 is 0 Å². The SMILES string of the molecule is Cn1cc(CNCCc2cnc[nH]2)c(=O)n(C)c1=O. The van der Waals surface area contributed by atoms with Gasteiger partial charge in [0.2, 0.25) is 0 Å². The third-order valence-corrected chi connectivity index (χ3v) is 2.96. The molecule has 0 amide bonds. The maximum absolute atomic E-state index is 11.9. The third kappa shape index (κ3) is 3.00. The Balaban J connectivity index is 1.97. The Morgan fingerprint density at radius 3 is 2.84 bits per heavy atom. The van der Waals surface area contributed by atoms with E-state index in [0.717, 1.165) is 23.2 Å². The van der Waals surface area contributed by atoms with Gasteiger partial charge < -0.3 is 14.9 Å². The largest absolute Gasteiger partial charge is 0.348 e. The van der Waals surface area contributed by atoms with Crippen molar-refractivity contribution in [1.82, 2.24) is 24.4 Å². The Bertz CT molecular complexity index is 654. The molecule has 2 aromatic heterocycles. The van der Waals surface area contributed by atoms with Gasteiger partial charge in [-0.2, -0.15) is 0 Å². The van der Waals surface area contributed by atoms with Crippen molar-refractivity contribution in [1.29, 1.82) is 0 Å². The monoisotopic (exact) mass is 263 g/mol. The van der Waals surface area contributed by atoms with Crippen LogP contribution >= 0.6 is 0 Å². The van der Waals surface area contributed by atoms with E-state index in [1.54, 1.807) is 25.8 Å². The fourth-order valence-electron chi connectivity index (χ4n) is 1.87. The van der Waals surface area contributed by atoms with E-state index in [9.17, 15) is 9.59 Å². The Morgan fingerprint density at radius 1 is 1.37 bits per heavy atom. The van der Waals surface area contributed by atoms with Crippen LogP contribution in [0.4, 0.5) is 0 Å². The molecule has 7 heteroatoms. The van der Waals surface area contributed by atoms with Crippen molar-refractivity contribution in [3.05, 3.63) is 50.8 Å². The number of aryl methyl sites for hydroxylation is 1. The van der Waals surface area contributed by atoms with Gasteiger partial charge in [0.25, 0.3) is 5.56 Å². The first kappa shape index (κ1) is 13.3. The molecular weight excluding hydrogens is 246 g/mol. The molecule has 2 aromatic rings. The summed E-state index contributed by atoms with van der Waals surface area (Å²) >= 11 is 0. The van der Waals surface area contributed by atoms with Crippen LogP contribution in [0.1, 0.15) is 11.3 Å². The summed E-state index contributed by atoms with van der Waals surface area (Å²) in [6, 6.07) is 0. The number of H-pyrrole nitrogens is 1. The van der Waals surface area contributed by atoms with E-state index >= 15 is 0 Å². The highest BCUT2D eigenvalue weighted by Crippen LogP contribution is 1.92. The van der Waals surface area contributed by atoms with Gasteiger partial charge in [0.05, 0.1) is 6.33 Å². The molecular formula is C12H17N5O2. The molecule has 7 nitrogen and oxygen atoms in total. The summed E-state index contributed by atoms with van der Waals surface area (Å²) in [5.41, 5.74) is 1.05. The minimum atomic E-state index is -0.314. The van der Waals surface area contributed by atoms with E-state index in [2.05, 4.69) is 15.3 Å². The zero-order valence-electron chi connectivity index (χ0n) is 11.0. The summed E-state index contributed by atoms with van der Waals surface area (Å²) in [6.07, 6.45) is 5.80. The fraction of sp³-hybridized carbons (Fsp3) is 0.417. The lowest BCUT2D eigenvalue weighted by Crippen LogP contribution is -2.39. The zero-order chi connectivity index (χ0) is 13.8. The average molecular weight is 263 g/mol. The molecule has 0 radical (unpaired) electrons. The summed E-state index contributed by atoms with van der Waals surface area (Å²) in [7, 11) is 3.12. The molecule has 0 saturated carbocycles. The molecule has 19 heavy (non-hydrogen) atoms. The highest BCUT2D eigenvalue weighted by Gasteiger charge is 2.06. The molecule has 0 unspecified atom stereocenters. The maximum Gasteiger partial charge on any atom is 0.330 e. The summed E-state index contributed by atoms with van der Waals surface area (Å²) in [6.45, 7) is 1.17. The fourth-order valence-corrected chi connectivity index (χ4v) is 1.87. The number of aromatic nitrogens is 4. The van der Waals surface area contributed by atoms with Gasteiger partial charge in [-0.3, -0.25) is 9.36 Å². The smallest absolute Gasteiger partial charge is 0.330 e. The molecule has 0 aliphatic heterocycles. The van der Waals surface area contributed by atoms with Gasteiger partial charge >= 0.3 is 5.69 Å². The maximum atomic E-state index is 11.9. The van der Waals surface area contributed by atoms with Gasteiger partial charge in [0, 0.05) is 57.3 Å². The van der Waals surface area contributed by atoms with Crippen LogP contribution < -0.4 is 16.6 Å². The van der Waals surface area contributed by atoms with Crippen LogP contribution in [0.25, 0.3) is 0 Å². The number of imidazole rings is 1. The van der Waals surface area contributed by atoms with E-state index < -0.39 is 0 Å². The Hall–Kier alpha value is -2.15. The first-order valence-corrected chi connectivity index (χ1v) is 6.03. The van der Waals surface area contributed by atoms with Gasteiger partial charge in [0.1, 0.15) is 0 Å². The summed E-state index contributed by atoms with van der Waals surface area (Å²) in [5.74, 6) is 0. The standard InChI is InChI=1S/C12H17N5O2/c1-16-7-9(11(18)17(2)12(16)19)5-13-4-3-10-6-14-8-15-10/h6-8,13H,3-5H2,1-2H3,(H,14,15). The van der Waals surface area contributed by atoms with Gasteiger partial charge in [-0.1, -0.05) is 0 Å². The second kappa shape index (κ2) is 5.66. The number of rotatable bonds is 5. The molecule has 0 fully saturated rings. The van der Waals surface area contributed by atoms with E-state index in [1.165, 1.54) is 11.6 Å². The van der Waals surface area contributed by atoms with Crippen LogP contribution in [0, 0.1) is 0 Å². The van der Waals surface area contributed by atoms with Crippen molar-refractivity contribution in [2.75, 3.05) is 6.54 Å². The van der Waals surface area contributed by atoms with Gasteiger partial charge in [-0.25, -0.2) is 9.78 Å². The number of hydrogen-bond acceptors (Lipinski definition) is 4. The Morgan fingerprint density at radius 2 is 2.16 bits per heavy atom. The minimum Gasteiger partial charge on any atom is -0.348 e. The Labute approximate surface area is 109 Å². The van der Waals surface area contributed by atoms with Crippen molar-refractivity contribution < 1.29 is 0 Å². The number of nitrogens with zero attached hydrogens (tertiary/aromatic N) is 3. The molecule has 102 valence electrons. The van der Waals surface area contributed by atoms with E-state index in [4.69, 9.17) is 0 Å². The molecule has 0 bridgehead atoms. The summed E-state index contributed by atoms with van der Waals surface area (Å²) in [4.78, 5) is 30.3. The molecule has 2 N–H and O–H groups in total. The normalized spacial score (nSPS) is 10.8. The number of nitrogens with one attached hydrogen (secondary N) is 2. The van der Waals surface area contributed by atoms with Gasteiger partial charge in [-0.15, -0.1) is 0 Å². The third-order valence-electron chi connectivity index (χ3n) is 2.96. The van der Waals surface area contributed by atoms with Crippen molar-refractivity contribution in [3.63, 3.8) is 0 Å². The first-order valence-electron chi connectivity index (χ1n) is 6.03. The van der Waals surface area contributed by atoms with Gasteiger partial charge in [-0.05, 0) is 0 Å². The molecule has 0 spiro atoms. The number of hydrogen-bond donors (Lipinski definition) is 2. The van der Waals surface area contributed by atoms with Crippen molar-refractivity contribution in [3.8, 4) is 0 Å². The highest BCUT2D eigenvalue weighted by molar-refractivity contribution is 5.05. The van der Waals surface area contributed by atoms with Gasteiger partial charge in [0.15, 0.2) is 0 Å². The minimum absolute atomic E-state index is 0.253.